The third-order valence-corrected chi connectivity index (χ3v) is 2.25. The first kappa shape index (κ1) is 11.7. The second-order valence-electron chi connectivity index (χ2n) is 4.33. The van der Waals surface area contributed by atoms with Crippen molar-refractivity contribution in [3.63, 3.8) is 0 Å². The van der Waals surface area contributed by atoms with Crippen LogP contribution in [0, 0.1) is 0 Å². The highest BCUT2D eigenvalue weighted by Gasteiger charge is 2.19. The van der Waals surface area contributed by atoms with E-state index in [-0.39, 0.29) is 11.4 Å². The Labute approximate surface area is 90.9 Å². The van der Waals surface area contributed by atoms with Crippen molar-refractivity contribution in [1.29, 1.82) is 0 Å². The number of hydrogen-bond donors (Lipinski definition) is 1. The van der Waals surface area contributed by atoms with Gasteiger partial charge in [-0.05, 0) is 32.4 Å². The quantitative estimate of drug-likeness (QED) is 0.821. The molecule has 1 aromatic heterocycles. The summed E-state index contributed by atoms with van der Waals surface area (Å²) in [4.78, 5) is 15.7. The van der Waals surface area contributed by atoms with Crippen molar-refractivity contribution in [2.45, 2.75) is 39.2 Å². The van der Waals surface area contributed by atoms with Gasteiger partial charge in [0.1, 0.15) is 0 Å². The average molecular weight is 206 g/mol. The third-order valence-electron chi connectivity index (χ3n) is 2.25. The molecule has 3 nitrogen and oxygen atoms in total. The van der Waals surface area contributed by atoms with Crippen LogP contribution in [0.25, 0.3) is 0 Å². The van der Waals surface area contributed by atoms with E-state index in [0.29, 0.717) is 5.56 Å². The Hall–Kier alpha value is -1.38. The largest absolute Gasteiger partial charge is 0.347 e. The number of nitrogens with zero attached hydrogens (tertiary/aromatic N) is 1. The molecule has 1 aromatic rings. The fourth-order valence-corrected chi connectivity index (χ4v) is 1.56. The lowest BCUT2D eigenvalue weighted by molar-refractivity contribution is 0.0908. The van der Waals surface area contributed by atoms with Crippen LogP contribution < -0.4 is 5.32 Å². The van der Waals surface area contributed by atoms with Crippen LogP contribution in [0.15, 0.2) is 24.5 Å². The molecule has 3 heteroatoms. The van der Waals surface area contributed by atoms with Gasteiger partial charge in [-0.15, -0.1) is 0 Å². The molecular formula is C12H18N2O. The Balaban J connectivity index is 2.64. The molecular weight excluding hydrogens is 188 g/mol. The fourth-order valence-electron chi connectivity index (χ4n) is 1.56. The molecule has 82 valence electrons. The van der Waals surface area contributed by atoms with Gasteiger partial charge in [0.25, 0.3) is 5.91 Å². The second kappa shape index (κ2) is 4.91. The molecule has 0 saturated heterocycles. The maximum Gasteiger partial charge on any atom is 0.253 e. The summed E-state index contributed by atoms with van der Waals surface area (Å²) in [5, 5.41) is 2.99. The van der Waals surface area contributed by atoms with Crippen LogP contribution >= 0.6 is 0 Å². The molecule has 0 bridgehead atoms. The number of pyridine rings is 1. The van der Waals surface area contributed by atoms with Crippen LogP contribution in [0.1, 0.15) is 44.0 Å². The lowest BCUT2D eigenvalue weighted by Gasteiger charge is -2.25. The van der Waals surface area contributed by atoms with E-state index in [1.165, 1.54) is 0 Å². The Morgan fingerprint density at radius 2 is 2.27 bits per heavy atom. The first-order valence-electron chi connectivity index (χ1n) is 5.28. The van der Waals surface area contributed by atoms with E-state index < -0.39 is 0 Å². The normalized spacial score (nSPS) is 11.1. The monoisotopic (exact) mass is 206 g/mol. The molecule has 1 rings (SSSR count). The van der Waals surface area contributed by atoms with Crippen molar-refractivity contribution in [2.24, 2.45) is 0 Å². The predicted molar refractivity (Wildman–Crippen MR) is 60.7 cm³/mol. The molecule has 1 heterocycles. The zero-order valence-corrected chi connectivity index (χ0v) is 9.58. The van der Waals surface area contributed by atoms with E-state index in [1.807, 2.05) is 13.8 Å². The van der Waals surface area contributed by atoms with Gasteiger partial charge >= 0.3 is 0 Å². The van der Waals surface area contributed by atoms with Crippen molar-refractivity contribution in [2.75, 3.05) is 0 Å². The zero-order valence-electron chi connectivity index (χ0n) is 9.58. The predicted octanol–water partition coefficient (Wildman–Crippen LogP) is 2.39. The minimum Gasteiger partial charge on any atom is -0.347 e. The lowest BCUT2D eigenvalue weighted by atomic mass is 9.98. The first-order chi connectivity index (χ1) is 7.05. The average Bonchev–Trinajstić information content (AvgIpc) is 2.18. The molecule has 1 N–H and O–H groups in total. The van der Waals surface area contributed by atoms with Gasteiger partial charge in [-0.1, -0.05) is 13.3 Å². The lowest BCUT2D eigenvalue weighted by Crippen LogP contribution is -2.43. The topological polar surface area (TPSA) is 42.0 Å². The smallest absolute Gasteiger partial charge is 0.253 e. The van der Waals surface area contributed by atoms with Gasteiger partial charge in [0.05, 0.1) is 5.56 Å². The number of aromatic nitrogens is 1. The number of rotatable bonds is 4. The minimum atomic E-state index is -0.151. The summed E-state index contributed by atoms with van der Waals surface area (Å²) in [7, 11) is 0. The van der Waals surface area contributed by atoms with Gasteiger partial charge in [0, 0.05) is 17.9 Å². The van der Waals surface area contributed by atoms with E-state index in [4.69, 9.17) is 0 Å². The van der Waals surface area contributed by atoms with E-state index in [0.717, 1.165) is 12.8 Å². The van der Waals surface area contributed by atoms with Gasteiger partial charge in [0.15, 0.2) is 0 Å². The van der Waals surface area contributed by atoms with Crippen LogP contribution in [0.3, 0.4) is 0 Å². The van der Waals surface area contributed by atoms with Crippen molar-refractivity contribution in [1.82, 2.24) is 10.3 Å². The van der Waals surface area contributed by atoms with Crippen molar-refractivity contribution < 1.29 is 4.79 Å². The van der Waals surface area contributed by atoms with Crippen molar-refractivity contribution in [3.05, 3.63) is 30.1 Å². The minimum absolute atomic E-state index is 0.0541. The molecule has 0 radical (unpaired) electrons. The molecule has 0 aromatic carbocycles. The molecule has 0 unspecified atom stereocenters. The molecule has 0 atom stereocenters. The summed E-state index contributed by atoms with van der Waals surface area (Å²) in [6, 6.07) is 3.53. The molecule has 15 heavy (non-hydrogen) atoms. The summed E-state index contributed by atoms with van der Waals surface area (Å²) < 4.78 is 0. The Morgan fingerprint density at radius 1 is 1.53 bits per heavy atom. The second-order valence-corrected chi connectivity index (χ2v) is 4.33. The fraction of sp³-hybridized carbons (Fsp3) is 0.500. The van der Waals surface area contributed by atoms with Crippen LogP contribution in [0.5, 0.6) is 0 Å². The van der Waals surface area contributed by atoms with Crippen LogP contribution in [-0.4, -0.2) is 16.4 Å². The summed E-state index contributed by atoms with van der Waals surface area (Å²) in [5.41, 5.74) is 0.462. The van der Waals surface area contributed by atoms with Crippen LogP contribution in [-0.2, 0) is 0 Å². The maximum absolute atomic E-state index is 11.8. The van der Waals surface area contributed by atoms with Crippen LogP contribution in [0.4, 0.5) is 0 Å². The van der Waals surface area contributed by atoms with Gasteiger partial charge in [-0.3, -0.25) is 9.78 Å². The summed E-state index contributed by atoms with van der Waals surface area (Å²) in [6.45, 7) is 6.17. The van der Waals surface area contributed by atoms with E-state index in [1.54, 1.807) is 24.5 Å². The summed E-state index contributed by atoms with van der Waals surface area (Å²) in [5.74, 6) is -0.0541. The molecule has 0 aliphatic heterocycles. The molecule has 0 fully saturated rings. The molecule has 0 saturated carbocycles. The highest BCUT2D eigenvalue weighted by molar-refractivity contribution is 5.94. The Kier molecular flexibility index (Phi) is 3.83. The molecule has 0 aliphatic rings. The number of amides is 1. The molecule has 1 amide bonds. The highest BCUT2D eigenvalue weighted by atomic mass is 16.1. The number of nitrogens with one attached hydrogen (secondary N) is 1. The van der Waals surface area contributed by atoms with Crippen molar-refractivity contribution in [3.8, 4) is 0 Å². The third kappa shape index (κ3) is 3.70. The van der Waals surface area contributed by atoms with Gasteiger partial charge in [-0.25, -0.2) is 0 Å². The zero-order chi connectivity index (χ0) is 11.3. The molecule has 0 spiro atoms. The van der Waals surface area contributed by atoms with Crippen molar-refractivity contribution >= 4 is 5.91 Å². The highest BCUT2D eigenvalue weighted by Crippen LogP contribution is 2.11. The van der Waals surface area contributed by atoms with E-state index in [2.05, 4.69) is 17.2 Å². The maximum atomic E-state index is 11.8. The first-order valence-corrected chi connectivity index (χ1v) is 5.28. The van der Waals surface area contributed by atoms with E-state index >= 15 is 0 Å². The van der Waals surface area contributed by atoms with Gasteiger partial charge in [0.2, 0.25) is 0 Å². The number of carbonyl (C=O) groups is 1. The Bertz CT molecular complexity index is 320. The van der Waals surface area contributed by atoms with Gasteiger partial charge < -0.3 is 5.32 Å². The van der Waals surface area contributed by atoms with Gasteiger partial charge in [-0.2, -0.15) is 0 Å². The number of carbonyl (C=O) groups excluding carboxylic acids is 1. The van der Waals surface area contributed by atoms with Crippen LogP contribution in [0.2, 0.25) is 0 Å². The standard InChI is InChI=1S/C12H18N2O/c1-4-7-12(2,3)14-11(15)10-6-5-8-13-9-10/h5-6,8-9H,4,7H2,1-3H3,(H,14,15). The summed E-state index contributed by atoms with van der Waals surface area (Å²) >= 11 is 0. The number of hydrogen-bond acceptors (Lipinski definition) is 2. The molecule has 0 aliphatic carbocycles. The summed E-state index contributed by atoms with van der Waals surface area (Å²) in [6.07, 6.45) is 5.27. The Morgan fingerprint density at radius 3 is 2.80 bits per heavy atom. The SMILES string of the molecule is CCCC(C)(C)NC(=O)c1cccnc1. The van der Waals surface area contributed by atoms with E-state index in [9.17, 15) is 4.79 Å².